The fourth-order valence-corrected chi connectivity index (χ4v) is 2.16. The molecule has 1 aliphatic rings. The van der Waals surface area contributed by atoms with Gasteiger partial charge in [0.1, 0.15) is 6.04 Å². The normalized spacial score (nSPS) is 23.4. The van der Waals surface area contributed by atoms with Crippen molar-refractivity contribution in [3.8, 4) is 0 Å². The highest BCUT2D eigenvalue weighted by Crippen LogP contribution is 2.32. The van der Waals surface area contributed by atoms with E-state index < -0.39 is 0 Å². The molecule has 2 rings (SSSR count). The van der Waals surface area contributed by atoms with E-state index in [1.54, 1.807) is 7.11 Å². The van der Waals surface area contributed by atoms with Crippen molar-refractivity contribution in [2.75, 3.05) is 26.9 Å². The summed E-state index contributed by atoms with van der Waals surface area (Å²) in [4.78, 5) is 13.8. The highest BCUT2D eigenvalue weighted by molar-refractivity contribution is 5.79. The molecule has 1 unspecified atom stereocenters. The van der Waals surface area contributed by atoms with E-state index in [1.165, 1.54) is 5.56 Å². The van der Waals surface area contributed by atoms with Crippen molar-refractivity contribution in [1.29, 1.82) is 0 Å². The van der Waals surface area contributed by atoms with Crippen LogP contribution < -0.4 is 0 Å². The van der Waals surface area contributed by atoms with Gasteiger partial charge in [-0.05, 0) is 12.5 Å². The van der Waals surface area contributed by atoms with Crippen LogP contribution in [0.25, 0.3) is 0 Å². The third-order valence-electron chi connectivity index (χ3n) is 3.12. The minimum absolute atomic E-state index is 0.106. The summed E-state index contributed by atoms with van der Waals surface area (Å²) in [6.45, 7) is 3.60. The molecule has 18 heavy (non-hydrogen) atoms. The molecule has 0 spiro atoms. The van der Waals surface area contributed by atoms with Gasteiger partial charge in [0.2, 0.25) is 0 Å². The van der Waals surface area contributed by atoms with E-state index in [0.717, 1.165) is 6.54 Å². The monoisotopic (exact) mass is 249 g/mol. The Hall–Kier alpha value is -1.39. The van der Waals surface area contributed by atoms with Crippen molar-refractivity contribution in [1.82, 2.24) is 4.90 Å². The van der Waals surface area contributed by atoms with Gasteiger partial charge in [0, 0.05) is 13.7 Å². The zero-order valence-electron chi connectivity index (χ0n) is 10.8. The number of esters is 1. The summed E-state index contributed by atoms with van der Waals surface area (Å²) in [5, 5.41) is 0. The van der Waals surface area contributed by atoms with E-state index in [4.69, 9.17) is 9.47 Å². The van der Waals surface area contributed by atoms with Crippen LogP contribution in [0.2, 0.25) is 0 Å². The van der Waals surface area contributed by atoms with Gasteiger partial charge < -0.3 is 9.47 Å². The molecule has 0 aliphatic carbocycles. The Bertz CT molecular complexity index is 393. The van der Waals surface area contributed by atoms with Gasteiger partial charge in [0.05, 0.1) is 19.3 Å². The lowest BCUT2D eigenvalue weighted by Gasteiger charge is -2.18. The van der Waals surface area contributed by atoms with E-state index in [9.17, 15) is 4.79 Å². The number of hydrogen-bond acceptors (Lipinski definition) is 4. The van der Waals surface area contributed by atoms with Crippen molar-refractivity contribution in [3.05, 3.63) is 35.9 Å². The molecule has 0 N–H and O–H groups in total. The summed E-state index contributed by atoms with van der Waals surface area (Å²) >= 11 is 0. The first-order valence-corrected chi connectivity index (χ1v) is 6.24. The van der Waals surface area contributed by atoms with Crippen molar-refractivity contribution in [2.45, 2.75) is 19.0 Å². The lowest BCUT2D eigenvalue weighted by Crippen LogP contribution is -2.22. The second kappa shape index (κ2) is 5.98. The zero-order valence-corrected chi connectivity index (χ0v) is 10.8. The molecule has 1 fully saturated rings. The van der Waals surface area contributed by atoms with Crippen LogP contribution in [0.1, 0.15) is 18.5 Å². The fourth-order valence-electron chi connectivity index (χ4n) is 2.16. The third kappa shape index (κ3) is 2.89. The minimum atomic E-state index is -0.130. The largest absolute Gasteiger partial charge is 0.465 e. The van der Waals surface area contributed by atoms with Gasteiger partial charge in [-0.1, -0.05) is 30.3 Å². The summed E-state index contributed by atoms with van der Waals surface area (Å²) in [6.07, 6.45) is 0. The summed E-state index contributed by atoms with van der Waals surface area (Å²) in [7, 11) is 1.68. The van der Waals surface area contributed by atoms with E-state index in [1.807, 2.05) is 25.1 Å². The molecule has 0 bridgehead atoms. The molecule has 1 aromatic rings. The maximum Gasteiger partial charge on any atom is 0.324 e. The topological polar surface area (TPSA) is 38.5 Å². The highest BCUT2D eigenvalue weighted by Gasteiger charge is 2.46. The summed E-state index contributed by atoms with van der Waals surface area (Å²) in [6, 6.07) is 10.1. The molecule has 1 aliphatic heterocycles. The van der Waals surface area contributed by atoms with Gasteiger partial charge in [0.25, 0.3) is 0 Å². The molecule has 1 aromatic carbocycles. The first-order chi connectivity index (χ1) is 8.77. The van der Waals surface area contributed by atoms with Crippen molar-refractivity contribution >= 4 is 5.97 Å². The first-order valence-electron chi connectivity index (χ1n) is 6.24. The second-order valence-corrected chi connectivity index (χ2v) is 4.35. The van der Waals surface area contributed by atoms with Crippen LogP contribution >= 0.6 is 0 Å². The molecular weight excluding hydrogens is 230 g/mol. The van der Waals surface area contributed by atoms with Crippen LogP contribution in [0.5, 0.6) is 0 Å². The van der Waals surface area contributed by atoms with Gasteiger partial charge in [-0.25, -0.2) is 0 Å². The molecule has 0 amide bonds. The smallest absolute Gasteiger partial charge is 0.324 e. The molecule has 0 aromatic heterocycles. The van der Waals surface area contributed by atoms with Crippen LogP contribution in [0, 0.1) is 0 Å². The maximum absolute atomic E-state index is 11.7. The standard InChI is InChI=1S/C14H19NO3/c1-3-18-14(16)12-9-15(12)13(10-17-2)11-7-5-4-6-8-11/h4-8,12-13H,3,9-10H2,1-2H3/t12-,13-,15?/m0/s1. The average Bonchev–Trinajstić information content (AvgIpc) is 3.17. The Morgan fingerprint density at radius 3 is 2.78 bits per heavy atom. The van der Waals surface area contributed by atoms with Gasteiger partial charge in [-0.2, -0.15) is 0 Å². The molecule has 0 radical (unpaired) electrons. The Morgan fingerprint density at radius 2 is 2.17 bits per heavy atom. The van der Waals surface area contributed by atoms with E-state index in [0.29, 0.717) is 13.2 Å². The molecule has 3 atom stereocenters. The SMILES string of the molecule is CCOC(=O)[C@@H]1CN1[C@@H](COC)c1ccccc1. The zero-order chi connectivity index (χ0) is 13.0. The number of benzene rings is 1. The fraction of sp³-hybridized carbons (Fsp3) is 0.500. The summed E-state index contributed by atoms with van der Waals surface area (Å²) in [5.41, 5.74) is 1.17. The molecule has 1 saturated heterocycles. The van der Waals surface area contributed by atoms with Crippen LogP contribution in [-0.2, 0) is 14.3 Å². The summed E-state index contributed by atoms with van der Waals surface area (Å²) in [5.74, 6) is -0.130. The number of carbonyl (C=O) groups excluding carboxylic acids is 1. The van der Waals surface area contributed by atoms with Gasteiger partial charge in [-0.15, -0.1) is 0 Å². The number of ether oxygens (including phenoxy) is 2. The Balaban J connectivity index is 2.03. The third-order valence-corrected chi connectivity index (χ3v) is 3.12. The molecule has 0 saturated carbocycles. The minimum Gasteiger partial charge on any atom is -0.465 e. The summed E-state index contributed by atoms with van der Waals surface area (Å²) < 4.78 is 10.3. The first kappa shape index (κ1) is 13.1. The number of nitrogens with zero attached hydrogens (tertiary/aromatic N) is 1. The molecule has 1 heterocycles. The molecule has 4 heteroatoms. The number of carbonyl (C=O) groups is 1. The Kier molecular flexibility index (Phi) is 4.33. The molecular formula is C14H19NO3. The van der Waals surface area contributed by atoms with Gasteiger partial charge >= 0.3 is 5.97 Å². The van der Waals surface area contributed by atoms with E-state index in [2.05, 4.69) is 17.0 Å². The quantitative estimate of drug-likeness (QED) is 0.567. The lowest BCUT2D eigenvalue weighted by molar-refractivity contribution is -0.143. The predicted octanol–water partition coefficient (Wildman–Crippen LogP) is 1.62. The van der Waals surface area contributed by atoms with E-state index in [-0.39, 0.29) is 18.1 Å². The van der Waals surface area contributed by atoms with Gasteiger partial charge in [-0.3, -0.25) is 9.69 Å². The van der Waals surface area contributed by atoms with Crippen LogP contribution in [-0.4, -0.2) is 43.8 Å². The lowest BCUT2D eigenvalue weighted by atomic mass is 10.1. The second-order valence-electron chi connectivity index (χ2n) is 4.35. The van der Waals surface area contributed by atoms with Crippen molar-refractivity contribution in [2.24, 2.45) is 0 Å². The van der Waals surface area contributed by atoms with E-state index >= 15 is 0 Å². The average molecular weight is 249 g/mol. The van der Waals surface area contributed by atoms with Crippen LogP contribution in [0.4, 0.5) is 0 Å². The predicted molar refractivity (Wildman–Crippen MR) is 68.2 cm³/mol. The number of rotatable bonds is 6. The Labute approximate surface area is 107 Å². The highest BCUT2D eigenvalue weighted by atomic mass is 16.5. The Morgan fingerprint density at radius 1 is 1.44 bits per heavy atom. The number of methoxy groups -OCH3 is 1. The molecule has 4 nitrogen and oxygen atoms in total. The maximum atomic E-state index is 11.7. The van der Waals surface area contributed by atoms with Crippen molar-refractivity contribution in [3.63, 3.8) is 0 Å². The van der Waals surface area contributed by atoms with Gasteiger partial charge in [0.15, 0.2) is 0 Å². The van der Waals surface area contributed by atoms with Crippen LogP contribution in [0.15, 0.2) is 30.3 Å². The molecule has 98 valence electrons. The van der Waals surface area contributed by atoms with Crippen LogP contribution in [0.3, 0.4) is 0 Å². The number of hydrogen-bond donors (Lipinski definition) is 0. The van der Waals surface area contributed by atoms with Crippen molar-refractivity contribution < 1.29 is 14.3 Å².